The molecular formula is C18H20ClNO. The monoisotopic (exact) mass is 301 g/mol. The van der Waals surface area contributed by atoms with Crippen LogP contribution in [-0.4, -0.2) is 5.91 Å². The summed E-state index contributed by atoms with van der Waals surface area (Å²) in [6.45, 7) is 4.31. The van der Waals surface area contributed by atoms with Gasteiger partial charge in [0.25, 0.3) is 5.91 Å². The summed E-state index contributed by atoms with van der Waals surface area (Å²) in [5.41, 5.74) is 1.72. The Bertz CT molecular complexity index is 595. The molecule has 0 saturated heterocycles. The van der Waals surface area contributed by atoms with Gasteiger partial charge in [-0.2, -0.15) is 0 Å². The smallest absolute Gasteiger partial charge is 0.251 e. The fourth-order valence-corrected chi connectivity index (χ4v) is 2.50. The zero-order chi connectivity index (χ0) is 15.2. The molecule has 1 atom stereocenters. The Kier molecular flexibility index (Phi) is 5.40. The second-order valence-corrected chi connectivity index (χ2v) is 6.01. The van der Waals surface area contributed by atoms with E-state index < -0.39 is 0 Å². The van der Waals surface area contributed by atoms with E-state index in [0.29, 0.717) is 16.5 Å². The molecule has 0 aliphatic heterocycles. The van der Waals surface area contributed by atoms with E-state index in [9.17, 15) is 4.79 Å². The largest absolute Gasteiger partial charge is 0.345 e. The SMILES string of the molecule is CC(C)CC(NC(=O)c1cccc(Cl)c1)c1ccccc1. The average Bonchev–Trinajstić information content (AvgIpc) is 2.47. The van der Waals surface area contributed by atoms with Gasteiger partial charge in [0.1, 0.15) is 0 Å². The first-order valence-corrected chi connectivity index (χ1v) is 7.55. The maximum atomic E-state index is 12.4. The van der Waals surface area contributed by atoms with Crippen molar-refractivity contribution >= 4 is 17.5 Å². The number of halogens is 1. The highest BCUT2D eigenvalue weighted by atomic mass is 35.5. The van der Waals surface area contributed by atoms with Crippen LogP contribution in [0.3, 0.4) is 0 Å². The summed E-state index contributed by atoms with van der Waals surface area (Å²) >= 11 is 5.95. The molecule has 0 aliphatic carbocycles. The number of nitrogens with one attached hydrogen (secondary N) is 1. The molecule has 0 aliphatic rings. The Labute approximate surface area is 131 Å². The molecule has 0 bridgehead atoms. The highest BCUT2D eigenvalue weighted by molar-refractivity contribution is 6.30. The molecule has 0 spiro atoms. The first kappa shape index (κ1) is 15.6. The molecule has 0 fully saturated rings. The van der Waals surface area contributed by atoms with Gasteiger partial charge in [0.15, 0.2) is 0 Å². The zero-order valence-electron chi connectivity index (χ0n) is 12.3. The zero-order valence-corrected chi connectivity index (χ0v) is 13.1. The third-order valence-corrected chi connectivity index (χ3v) is 3.54. The van der Waals surface area contributed by atoms with Crippen LogP contribution in [0.4, 0.5) is 0 Å². The van der Waals surface area contributed by atoms with Gasteiger partial charge < -0.3 is 5.32 Å². The number of amides is 1. The fraction of sp³-hybridized carbons (Fsp3) is 0.278. The van der Waals surface area contributed by atoms with Crippen molar-refractivity contribution in [2.24, 2.45) is 5.92 Å². The standard InChI is InChI=1S/C18H20ClNO/c1-13(2)11-17(14-7-4-3-5-8-14)20-18(21)15-9-6-10-16(19)12-15/h3-10,12-13,17H,11H2,1-2H3,(H,20,21). The maximum Gasteiger partial charge on any atom is 0.251 e. The minimum atomic E-state index is -0.0907. The summed E-state index contributed by atoms with van der Waals surface area (Å²) in [5, 5.41) is 3.68. The number of hydrogen-bond acceptors (Lipinski definition) is 1. The normalized spacial score (nSPS) is 12.2. The molecule has 2 aromatic carbocycles. The van der Waals surface area contributed by atoms with Crippen molar-refractivity contribution in [3.8, 4) is 0 Å². The molecule has 21 heavy (non-hydrogen) atoms. The van der Waals surface area contributed by atoms with E-state index in [-0.39, 0.29) is 11.9 Å². The third kappa shape index (κ3) is 4.61. The highest BCUT2D eigenvalue weighted by Crippen LogP contribution is 2.22. The molecule has 1 amide bonds. The predicted octanol–water partition coefficient (Wildman–Crippen LogP) is 4.86. The first-order valence-electron chi connectivity index (χ1n) is 7.17. The van der Waals surface area contributed by atoms with Crippen LogP contribution in [0, 0.1) is 5.92 Å². The first-order chi connectivity index (χ1) is 10.1. The molecule has 2 nitrogen and oxygen atoms in total. The topological polar surface area (TPSA) is 29.1 Å². The van der Waals surface area contributed by atoms with Crippen molar-refractivity contribution in [2.75, 3.05) is 0 Å². The van der Waals surface area contributed by atoms with E-state index in [2.05, 4.69) is 19.2 Å². The lowest BCUT2D eigenvalue weighted by Gasteiger charge is -2.21. The van der Waals surface area contributed by atoms with Crippen LogP contribution in [0.15, 0.2) is 54.6 Å². The Balaban J connectivity index is 2.17. The number of carbonyl (C=O) groups is 1. The Morgan fingerprint density at radius 2 is 1.81 bits per heavy atom. The van der Waals surface area contributed by atoms with Gasteiger partial charge in [-0.3, -0.25) is 4.79 Å². The van der Waals surface area contributed by atoms with Gasteiger partial charge in [0.05, 0.1) is 6.04 Å². The van der Waals surface area contributed by atoms with Crippen molar-refractivity contribution in [3.05, 3.63) is 70.7 Å². The van der Waals surface area contributed by atoms with Gasteiger partial charge in [-0.1, -0.05) is 61.8 Å². The quantitative estimate of drug-likeness (QED) is 0.839. The molecule has 2 rings (SSSR count). The lowest BCUT2D eigenvalue weighted by molar-refractivity contribution is 0.0932. The van der Waals surface area contributed by atoms with E-state index >= 15 is 0 Å². The van der Waals surface area contributed by atoms with Crippen molar-refractivity contribution in [3.63, 3.8) is 0 Å². The Morgan fingerprint density at radius 1 is 1.10 bits per heavy atom. The fourth-order valence-electron chi connectivity index (χ4n) is 2.31. The molecule has 3 heteroatoms. The number of benzene rings is 2. The molecule has 110 valence electrons. The van der Waals surface area contributed by atoms with Crippen LogP contribution in [0.2, 0.25) is 5.02 Å². The van der Waals surface area contributed by atoms with Crippen LogP contribution in [-0.2, 0) is 0 Å². The Hall–Kier alpha value is -1.80. The number of carbonyl (C=O) groups excluding carboxylic acids is 1. The summed E-state index contributed by atoms with van der Waals surface area (Å²) in [6, 6.07) is 17.1. The van der Waals surface area contributed by atoms with Crippen LogP contribution in [0.1, 0.15) is 42.2 Å². The summed E-state index contributed by atoms with van der Waals surface area (Å²) in [7, 11) is 0. The van der Waals surface area contributed by atoms with E-state index in [4.69, 9.17) is 11.6 Å². The number of rotatable bonds is 5. The summed E-state index contributed by atoms with van der Waals surface area (Å²) in [6.07, 6.45) is 0.899. The molecule has 0 radical (unpaired) electrons. The maximum absolute atomic E-state index is 12.4. The van der Waals surface area contributed by atoms with Gasteiger partial charge in [0.2, 0.25) is 0 Å². The minimum Gasteiger partial charge on any atom is -0.345 e. The van der Waals surface area contributed by atoms with E-state index in [1.54, 1.807) is 24.3 Å². The van der Waals surface area contributed by atoms with Gasteiger partial charge in [-0.15, -0.1) is 0 Å². The van der Waals surface area contributed by atoms with Crippen LogP contribution in [0.5, 0.6) is 0 Å². The van der Waals surface area contributed by atoms with Crippen LogP contribution >= 0.6 is 11.6 Å². The van der Waals surface area contributed by atoms with Gasteiger partial charge in [-0.05, 0) is 36.1 Å². The third-order valence-electron chi connectivity index (χ3n) is 3.30. The minimum absolute atomic E-state index is 0.0117. The van der Waals surface area contributed by atoms with Crippen molar-refractivity contribution < 1.29 is 4.79 Å². The van der Waals surface area contributed by atoms with Gasteiger partial charge >= 0.3 is 0 Å². The van der Waals surface area contributed by atoms with Crippen molar-refractivity contribution in [2.45, 2.75) is 26.3 Å². The van der Waals surface area contributed by atoms with E-state index in [0.717, 1.165) is 12.0 Å². The molecule has 0 heterocycles. The molecular weight excluding hydrogens is 282 g/mol. The number of hydrogen-bond donors (Lipinski definition) is 1. The second kappa shape index (κ2) is 7.28. The molecule has 2 aromatic rings. The van der Waals surface area contributed by atoms with E-state index in [1.807, 2.05) is 30.3 Å². The van der Waals surface area contributed by atoms with Crippen LogP contribution in [0.25, 0.3) is 0 Å². The molecule has 1 unspecified atom stereocenters. The lowest BCUT2D eigenvalue weighted by Crippen LogP contribution is -2.29. The van der Waals surface area contributed by atoms with E-state index in [1.165, 1.54) is 0 Å². The Morgan fingerprint density at radius 3 is 2.43 bits per heavy atom. The van der Waals surface area contributed by atoms with Crippen LogP contribution < -0.4 is 5.32 Å². The molecule has 1 N–H and O–H groups in total. The summed E-state index contributed by atoms with van der Waals surface area (Å²) in [4.78, 5) is 12.4. The summed E-state index contributed by atoms with van der Waals surface area (Å²) in [5.74, 6) is 0.405. The molecule has 0 aromatic heterocycles. The average molecular weight is 302 g/mol. The van der Waals surface area contributed by atoms with Gasteiger partial charge in [-0.25, -0.2) is 0 Å². The lowest BCUT2D eigenvalue weighted by atomic mass is 9.96. The summed E-state index contributed by atoms with van der Waals surface area (Å²) < 4.78 is 0. The predicted molar refractivity (Wildman–Crippen MR) is 87.6 cm³/mol. The van der Waals surface area contributed by atoms with Crippen molar-refractivity contribution in [1.29, 1.82) is 0 Å². The highest BCUT2D eigenvalue weighted by Gasteiger charge is 2.17. The second-order valence-electron chi connectivity index (χ2n) is 5.58. The van der Waals surface area contributed by atoms with Crippen molar-refractivity contribution in [1.82, 2.24) is 5.32 Å². The molecule has 0 saturated carbocycles. The van der Waals surface area contributed by atoms with Gasteiger partial charge in [0, 0.05) is 10.6 Å².